The van der Waals surface area contributed by atoms with E-state index in [1.54, 1.807) is 37.3 Å². The second kappa shape index (κ2) is 5.55. The third-order valence-corrected chi connectivity index (χ3v) is 4.77. The summed E-state index contributed by atoms with van der Waals surface area (Å²) in [6.45, 7) is 3.89. The van der Waals surface area contributed by atoms with Gasteiger partial charge in [-0.1, -0.05) is 23.8 Å². The molecule has 0 spiro atoms. The summed E-state index contributed by atoms with van der Waals surface area (Å²) < 4.78 is 32.5. The quantitative estimate of drug-likeness (QED) is 0.803. The lowest BCUT2D eigenvalue weighted by molar-refractivity contribution is 0.560. The van der Waals surface area contributed by atoms with Crippen molar-refractivity contribution in [2.75, 3.05) is 0 Å². The Kier molecular flexibility index (Phi) is 3.72. The molecule has 5 nitrogen and oxygen atoms in total. The van der Waals surface area contributed by atoms with Crippen LogP contribution in [0.3, 0.4) is 0 Å². The van der Waals surface area contributed by atoms with Gasteiger partial charge in [0.2, 0.25) is 10.0 Å². The van der Waals surface area contributed by atoms with Crippen molar-refractivity contribution in [2.24, 2.45) is 0 Å². The second-order valence-electron chi connectivity index (χ2n) is 5.17. The minimum absolute atomic E-state index is 0.200. The summed E-state index contributed by atoms with van der Waals surface area (Å²) in [5.41, 5.74) is 3.26. The highest BCUT2D eigenvalue weighted by Crippen LogP contribution is 2.17. The van der Waals surface area contributed by atoms with Gasteiger partial charge in [-0.2, -0.15) is 0 Å². The zero-order valence-corrected chi connectivity index (χ0v) is 13.1. The van der Waals surface area contributed by atoms with Crippen molar-refractivity contribution in [1.29, 1.82) is 0 Å². The molecule has 0 aliphatic carbocycles. The van der Waals surface area contributed by atoms with Gasteiger partial charge in [-0.05, 0) is 36.8 Å². The van der Waals surface area contributed by atoms with Crippen LogP contribution in [0.25, 0.3) is 11.1 Å². The zero-order chi connectivity index (χ0) is 15.7. The summed E-state index contributed by atoms with van der Waals surface area (Å²) in [6.07, 6.45) is 0. The fourth-order valence-electron chi connectivity index (χ4n) is 2.17. The number of fused-ring (bicyclic) bond motifs is 1. The number of oxazole rings is 1. The molecule has 0 amide bonds. The number of nitrogens with zero attached hydrogens (tertiary/aromatic N) is 1. The summed E-state index contributed by atoms with van der Waals surface area (Å²) in [5.74, 6) is 0.590. The summed E-state index contributed by atoms with van der Waals surface area (Å²) in [5, 5.41) is 0. The molecule has 3 rings (SSSR count). The lowest BCUT2D eigenvalue weighted by atomic mass is 10.2. The molecule has 0 bridgehead atoms. The van der Waals surface area contributed by atoms with Crippen molar-refractivity contribution in [3.8, 4) is 0 Å². The number of hydrogen-bond acceptors (Lipinski definition) is 4. The Morgan fingerprint density at radius 2 is 1.82 bits per heavy atom. The summed E-state index contributed by atoms with van der Waals surface area (Å²) in [6, 6.07) is 12.2. The third kappa shape index (κ3) is 3.03. The minimum atomic E-state index is -3.52. The highest BCUT2D eigenvalue weighted by molar-refractivity contribution is 7.89. The predicted octanol–water partition coefficient (Wildman–Crippen LogP) is 2.92. The van der Waals surface area contributed by atoms with Gasteiger partial charge in [0, 0.05) is 13.5 Å². The van der Waals surface area contributed by atoms with E-state index in [-0.39, 0.29) is 11.4 Å². The number of aryl methyl sites for hydroxylation is 2. The van der Waals surface area contributed by atoms with E-state index in [1.165, 1.54) is 0 Å². The summed E-state index contributed by atoms with van der Waals surface area (Å²) in [4.78, 5) is 4.47. The van der Waals surface area contributed by atoms with E-state index in [0.717, 1.165) is 16.6 Å². The van der Waals surface area contributed by atoms with Crippen molar-refractivity contribution >= 4 is 21.1 Å². The molecule has 1 N–H and O–H groups in total. The smallest absolute Gasteiger partial charge is 0.240 e. The molecule has 0 fully saturated rings. The first-order valence-electron chi connectivity index (χ1n) is 6.86. The molecule has 1 aromatic heterocycles. The van der Waals surface area contributed by atoms with E-state index < -0.39 is 10.0 Å². The average molecular weight is 316 g/mol. The van der Waals surface area contributed by atoms with E-state index in [4.69, 9.17) is 4.42 Å². The van der Waals surface area contributed by atoms with Crippen molar-refractivity contribution in [1.82, 2.24) is 9.71 Å². The molecule has 114 valence electrons. The number of hydrogen-bond donors (Lipinski definition) is 1. The largest absolute Gasteiger partial charge is 0.441 e. The monoisotopic (exact) mass is 316 g/mol. The minimum Gasteiger partial charge on any atom is -0.441 e. The van der Waals surface area contributed by atoms with E-state index in [9.17, 15) is 8.42 Å². The molecule has 0 saturated carbocycles. The van der Waals surface area contributed by atoms with E-state index in [2.05, 4.69) is 9.71 Å². The molecular formula is C16H16N2O3S. The molecule has 6 heteroatoms. The fraction of sp³-hybridized carbons (Fsp3) is 0.188. The van der Waals surface area contributed by atoms with Gasteiger partial charge in [0.1, 0.15) is 5.52 Å². The van der Waals surface area contributed by atoms with Crippen LogP contribution < -0.4 is 4.72 Å². The van der Waals surface area contributed by atoms with Crippen molar-refractivity contribution < 1.29 is 12.8 Å². The van der Waals surface area contributed by atoms with Crippen LogP contribution in [0.2, 0.25) is 0 Å². The van der Waals surface area contributed by atoms with Gasteiger partial charge in [-0.3, -0.25) is 0 Å². The van der Waals surface area contributed by atoms with Gasteiger partial charge in [0.25, 0.3) is 0 Å². The first-order valence-corrected chi connectivity index (χ1v) is 8.35. The third-order valence-electron chi connectivity index (χ3n) is 3.36. The van der Waals surface area contributed by atoms with E-state index >= 15 is 0 Å². The Bertz CT molecular complexity index is 912. The normalized spacial score (nSPS) is 11.9. The Morgan fingerprint density at radius 1 is 1.09 bits per heavy atom. The maximum Gasteiger partial charge on any atom is 0.240 e. The Hall–Kier alpha value is -2.18. The van der Waals surface area contributed by atoms with Gasteiger partial charge in [0.15, 0.2) is 11.5 Å². The van der Waals surface area contributed by atoms with E-state index in [1.807, 2.05) is 19.1 Å². The molecule has 1 heterocycles. The standard InChI is InChI=1S/C16H16N2O3S/c1-11-3-6-14(7-4-11)22(19,20)17-10-13-5-8-15-16(9-13)21-12(2)18-15/h3-9,17H,10H2,1-2H3. The second-order valence-corrected chi connectivity index (χ2v) is 6.94. The molecule has 3 aromatic rings. The maximum absolute atomic E-state index is 12.2. The number of benzene rings is 2. The summed E-state index contributed by atoms with van der Waals surface area (Å²) >= 11 is 0. The highest BCUT2D eigenvalue weighted by atomic mass is 32.2. The van der Waals surface area contributed by atoms with Crippen LogP contribution in [0.1, 0.15) is 17.0 Å². The van der Waals surface area contributed by atoms with Crippen LogP contribution in [-0.2, 0) is 16.6 Å². The van der Waals surface area contributed by atoms with Crippen molar-refractivity contribution in [3.05, 3.63) is 59.5 Å². The lowest BCUT2D eigenvalue weighted by Crippen LogP contribution is -2.23. The lowest BCUT2D eigenvalue weighted by Gasteiger charge is -2.07. The van der Waals surface area contributed by atoms with Gasteiger partial charge in [-0.25, -0.2) is 18.1 Å². The summed E-state index contributed by atoms with van der Waals surface area (Å²) in [7, 11) is -3.52. The molecule has 0 radical (unpaired) electrons. The Balaban J connectivity index is 1.78. The SMILES string of the molecule is Cc1ccc(S(=O)(=O)NCc2ccc3nc(C)oc3c2)cc1. The molecule has 0 saturated heterocycles. The topological polar surface area (TPSA) is 72.2 Å². The van der Waals surface area contributed by atoms with Gasteiger partial charge >= 0.3 is 0 Å². The van der Waals surface area contributed by atoms with Crippen LogP contribution in [0.4, 0.5) is 0 Å². The van der Waals surface area contributed by atoms with Gasteiger partial charge < -0.3 is 4.42 Å². The average Bonchev–Trinajstić information content (AvgIpc) is 2.85. The molecule has 0 aliphatic heterocycles. The highest BCUT2D eigenvalue weighted by Gasteiger charge is 2.13. The number of nitrogens with one attached hydrogen (secondary N) is 1. The molecule has 0 atom stereocenters. The van der Waals surface area contributed by atoms with Crippen LogP contribution >= 0.6 is 0 Å². The zero-order valence-electron chi connectivity index (χ0n) is 12.3. The van der Waals surface area contributed by atoms with Crippen LogP contribution in [0, 0.1) is 13.8 Å². The van der Waals surface area contributed by atoms with Gasteiger partial charge in [0.05, 0.1) is 4.90 Å². The molecule has 0 aliphatic rings. The Morgan fingerprint density at radius 3 is 2.55 bits per heavy atom. The molecular weight excluding hydrogens is 300 g/mol. The predicted molar refractivity (Wildman–Crippen MR) is 84.0 cm³/mol. The van der Waals surface area contributed by atoms with Crippen LogP contribution in [0.5, 0.6) is 0 Å². The van der Waals surface area contributed by atoms with Gasteiger partial charge in [-0.15, -0.1) is 0 Å². The number of rotatable bonds is 4. The van der Waals surface area contributed by atoms with Crippen molar-refractivity contribution in [3.63, 3.8) is 0 Å². The van der Waals surface area contributed by atoms with Crippen molar-refractivity contribution in [2.45, 2.75) is 25.3 Å². The first-order chi connectivity index (χ1) is 10.4. The molecule has 2 aromatic carbocycles. The first kappa shape index (κ1) is 14.7. The number of aromatic nitrogens is 1. The Labute approximate surface area is 129 Å². The number of sulfonamides is 1. The fourth-order valence-corrected chi connectivity index (χ4v) is 3.19. The van der Waals surface area contributed by atoms with Crippen LogP contribution in [-0.4, -0.2) is 13.4 Å². The molecule has 22 heavy (non-hydrogen) atoms. The van der Waals surface area contributed by atoms with Crippen LogP contribution in [0.15, 0.2) is 51.8 Å². The maximum atomic E-state index is 12.2. The van der Waals surface area contributed by atoms with E-state index in [0.29, 0.717) is 11.5 Å². The molecule has 0 unspecified atom stereocenters.